The van der Waals surface area contributed by atoms with Crippen molar-refractivity contribution in [1.82, 2.24) is 13.9 Å². The maximum atomic E-state index is 13.7. The van der Waals surface area contributed by atoms with Gasteiger partial charge in [-0.15, -0.1) is 11.3 Å². The summed E-state index contributed by atoms with van der Waals surface area (Å²) >= 11 is 1.43. The van der Waals surface area contributed by atoms with Crippen LogP contribution >= 0.6 is 11.3 Å². The molecule has 2 aromatic heterocycles. The fraction of sp³-hybridized carbons (Fsp3) is 0.321. The zero-order valence-electron chi connectivity index (χ0n) is 21.6. The normalized spacial score (nSPS) is 14.4. The molecule has 0 saturated carbocycles. The van der Waals surface area contributed by atoms with Crippen LogP contribution in [-0.2, 0) is 27.7 Å². The molecule has 0 spiro atoms. The summed E-state index contributed by atoms with van der Waals surface area (Å²) in [6.07, 6.45) is 6.35. The Labute approximate surface area is 226 Å². The number of thiophene rings is 1. The molecule has 2 aromatic carbocycles. The van der Waals surface area contributed by atoms with E-state index < -0.39 is 16.1 Å². The summed E-state index contributed by atoms with van der Waals surface area (Å²) in [6, 6.07) is 11.6. The predicted octanol–water partition coefficient (Wildman–Crippen LogP) is 4.84. The van der Waals surface area contributed by atoms with Gasteiger partial charge < -0.3 is 5.32 Å². The number of rotatable bonds is 7. The second-order valence-corrected chi connectivity index (χ2v) is 12.7. The summed E-state index contributed by atoms with van der Waals surface area (Å²) in [5.74, 6) is -0.371. The van der Waals surface area contributed by atoms with Crippen LogP contribution in [0, 0.1) is 0 Å². The van der Waals surface area contributed by atoms with Gasteiger partial charge in [0.25, 0.3) is 5.56 Å². The number of nitrogens with one attached hydrogen (secondary N) is 1. The maximum absolute atomic E-state index is 13.7. The predicted molar refractivity (Wildman–Crippen MR) is 151 cm³/mol. The van der Waals surface area contributed by atoms with Crippen LogP contribution in [0.4, 0.5) is 5.69 Å². The first-order chi connectivity index (χ1) is 18.2. The second-order valence-electron chi connectivity index (χ2n) is 9.70. The van der Waals surface area contributed by atoms with E-state index in [9.17, 15) is 18.0 Å². The Bertz CT molecular complexity index is 1670. The van der Waals surface area contributed by atoms with Crippen molar-refractivity contribution in [2.45, 2.75) is 50.0 Å². The molecule has 8 nitrogen and oxygen atoms in total. The van der Waals surface area contributed by atoms with Crippen LogP contribution < -0.4 is 10.9 Å². The number of aromatic nitrogens is 2. The van der Waals surface area contributed by atoms with Gasteiger partial charge in [-0.2, -0.15) is 0 Å². The number of carbonyl (C=O) groups is 1. The molecule has 4 aromatic rings. The molecule has 0 aliphatic heterocycles. The van der Waals surface area contributed by atoms with Crippen LogP contribution in [0.3, 0.4) is 0 Å². The molecule has 1 N–H and O–H groups in total. The van der Waals surface area contributed by atoms with Crippen LogP contribution in [0.2, 0.25) is 0 Å². The number of aryl methyl sites for hydroxylation is 2. The summed E-state index contributed by atoms with van der Waals surface area (Å²) in [5, 5.41) is 5.31. The van der Waals surface area contributed by atoms with Crippen molar-refractivity contribution in [3.63, 3.8) is 0 Å². The van der Waals surface area contributed by atoms with Gasteiger partial charge in [-0.25, -0.2) is 17.7 Å². The lowest BCUT2D eigenvalue weighted by Crippen LogP contribution is -2.33. The van der Waals surface area contributed by atoms with Crippen molar-refractivity contribution < 1.29 is 13.2 Å². The molecular weight excluding hydrogens is 520 g/mol. The van der Waals surface area contributed by atoms with Crippen LogP contribution in [0.15, 0.2) is 63.9 Å². The Kier molecular flexibility index (Phi) is 7.21. The largest absolute Gasteiger partial charge is 0.324 e. The van der Waals surface area contributed by atoms with E-state index >= 15 is 0 Å². The van der Waals surface area contributed by atoms with Crippen LogP contribution in [-0.4, -0.2) is 42.3 Å². The molecule has 198 valence electrons. The maximum Gasteiger partial charge on any atom is 0.263 e. The van der Waals surface area contributed by atoms with Crippen molar-refractivity contribution in [3.8, 4) is 11.1 Å². The first kappa shape index (κ1) is 26.3. The van der Waals surface area contributed by atoms with Crippen molar-refractivity contribution in [3.05, 3.63) is 75.7 Å². The van der Waals surface area contributed by atoms with E-state index in [-0.39, 0.29) is 16.4 Å². The molecule has 1 atom stereocenters. The number of nitrogens with zero attached hydrogens (tertiary/aromatic N) is 3. The summed E-state index contributed by atoms with van der Waals surface area (Å²) in [6.45, 7) is 1.84. The minimum atomic E-state index is -3.57. The summed E-state index contributed by atoms with van der Waals surface area (Å²) in [7, 11) is -0.647. The van der Waals surface area contributed by atoms with Crippen molar-refractivity contribution in [2.24, 2.45) is 0 Å². The third kappa shape index (κ3) is 4.79. The first-order valence-electron chi connectivity index (χ1n) is 12.6. The molecule has 10 heteroatoms. The van der Waals surface area contributed by atoms with Crippen LogP contribution in [0.1, 0.15) is 43.4 Å². The van der Waals surface area contributed by atoms with Gasteiger partial charge in [0.05, 0.1) is 16.6 Å². The molecule has 0 fully saturated rings. The molecule has 1 amide bonds. The molecule has 0 saturated heterocycles. The number of amides is 1. The highest BCUT2D eigenvalue weighted by Gasteiger charge is 2.24. The van der Waals surface area contributed by atoms with Gasteiger partial charge in [0, 0.05) is 30.7 Å². The molecule has 1 aliphatic carbocycles. The Hall–Kier alpha value is -3.34. The molecule has 5 rings (SSSR count). The highest BCUT2D eigenvalue weighted by atomic mass is 32.2. The number of anilines is 1. The SMILES string of the molecule is CCC(C(=O)Nc1ccc(S(=O)(=O)N(C)C)cc1)n1cnc2scc(-c3ccc4c(c3)CCCC4)c2c1=O. The molecule has 1 unspecified atom stereocenters. The minimum Gasteiger partial charge on any atom is -0.324 e. The van der Waals surface area contributed by atoms with Gasteiger partial charge in [0.2, 0.25) is 15.9 Å². The van der Waals surface area contributed by atoms with E-state index in [2.05, 4.69) is 28.5 Å². The molecular formula is C28H30N4O4S2. The molecule has 0 radical (unpaired) electrons. The van der Waals surface area contributed by atoms with E-state index in [0.717, 1.165) is 28.3 Å². The number of benzene rings is 2. The third-order valence-corrected chi connectivity index (χ3v) is 9.82. The number of hydrogen-bond donors (Lipinski definition) is 1. The number of hydrogen-bond acceptors (Lipinski definition) is 6. The van der Waals surface area contributed by atoms with Gasteiger partial charge in [0.1, 0.15) is 10.9 Å². The van der Waals surface area contributed by atoms with Gasteiger partial charge in [-0.05, 0) is 73.1 Å². The lowest BCUT2D eigenvalue weighted by Gasteiger charge is -2.18. The summed E-state index contributed by atoms with van der Waals surface area (Å²) < 4.78 is 27.2. The Morgan fingerprint density at radius 2 is 1.82 bits per heavy atom. The zero-order valence-corrected chi connectivity index (χ0v) is 23.2. The second kappa shape index (κ2) is 10.4. The van der Waals surface area contributed by atoms with Crippen LogP contribution in [0.25, 0.3) is 21.3 Å². The lowest BCUT2D eigenvalue weighted by molar-refractivity contribution is -0.119. The van der Waals surface area contributed by atoms with Gasteiger partial charge >= 0.3 is 0 Å². The highest BCUT2D eigenvalue weighted by Crippen LogP contribution is 2.34. The number of fused-ring (bicyclic) bond motifs is 2. The topological polar surface area (TPSA) is 101 Å². The average Bonchev–Trinajstić information content (AvgIpc) is 3.35. The molecule has 2 heterocycles. The summed E-state index contributed by atoms with van der Waals surface area (Å²) in [5.41, 5.74) is 4.76. The van der Waals surface area contributed by atoms with E-state index in [0.29, 0.717) is 22.3 Å². The Morgan fingerprint density at radius 3 is 2.50 bits per heavy atom. The molecule has 1 aliphatic rings. The van der Waals surface area contributed by atoms with Gasteiger partial charge in [-0.3, -0.25) is 14.2 Å². The number of sulfonamides is 1. The monoisotopic (exact) mass is 550 g/mol. The lowest BCUT2D eigenvalue weighted by atomic mass is 9.89. The van der Waals surface area contributed by atoms with Crippen molar-refractivity contribution in [1.29, 1.82) is 0 Å². The van der Waals surface area contributed by atoms with E-state index in [4.69, 9.17) is 0 Å². The third-order valence-electron chi connectivity index (χ3n) is 7.10. The standard InChI is InChI=1S/C28H30N4O4S2/c1-4-24(26(33)30-21-11-13-22(14-12-21)38(35,36)31(2)3)32-17-29-27-25(28(32)34)23(16-37-27)20-10-9-18-7-5-6-8-19(18)15-20/h9-17,24H,4-8H2,1-3H3,(H,30,33). The Balaban J connectivity index is 1.45. The van der Waals surface area contributed by atoms with Gasteiger partial charge in [0.15, 0.2) is 0 Å². The quantitative estimate of drug-likeness (QED) is 0.355. The smallest absolute Gasteiger partial charge is 0.263 e. The van der Waals surface area contributed by atoms with Gasteiger partial charge in [-0.1, -0.05) is 25.1 Å². The zero-order chi connectivity index (χ0) is 27.0. The summed E-state index contributed by atoms with van der Waals surface area (Å²) in [4.78, 5) is 32.3. The van der Waals surface area contributed by atoms with Crippen LogP contribution in [0.5, 0.6) is 0 Å². The highest BCUT2D eigenvalue weighted by molar-refractivity contribution is 7.89. The van der Waals surface area contributed by atoms with E-state index in [1.807, 2.05) is 12.3 Å². The van der Waals surface area contributed by atoms with Crippen molar-refractivity contribution >= 4 is 43.2 Å². The molecule has 38 heavy (non-hydrogen) atoms. The number of carbonyl (C=O) groups excluding carboxylic acids is 1. The fourth-order valence-corrected chi connectivity index (χ4v) is 6.74. The first-order valence-corrected chi connectivity index (χ1v) is 15.0. The average molecular weight is 551 g/mol. The van der Waals surface area contributed by atoms with Crippen molar-refractivity contribution in [2.75, 3.05) is 19.4 Å². The van der Waals surface area contributed by atoms with E-state index in [1.165, 1.54) is 84.6 Å². The molecule has 0 bridgehead atoms. The fourth-order valence-electron chi connectivity index (χ4n) is 4.94. The minimum absolute atomic E-state index is 0.130. The van der Waals surface area contributed by atoms with E-state index in [1.54, 1.807) is 0 Å². The Morgan fingerprint density at radius 1 is 1.11 bits per heavy atom.